The molecule has 0 aliphatic heterocycles. The Labute approximate surface area is 670 Å². The molecule has 3 unspecified atom stereocenters. The Morgan fingerprint density at radius 2 is 0.440 bits per heavy atom. The summed E-state index contributed by atoms with van der Waals surface area (Å²) in [7, 11) is -9.93. The van der Waals surface area contributed by atoms with E-state index >= 15 is 0 Å². The van der Waals surface area contributed by atoms with Crippen LogP contribution in [0.2, 0.25) is 0 Å². The van der Waals surface area contributed by atoms with E-state index in [0.717, 1.165) is 95.8 Å². The molecular formula is C90H176O17P2. The Kier molecular flexibility index (Phi) is 81.1. The van der Waals surface area contributed by atoms with Gasteiger partial charge in [-0.05, 0) is 31.6 Å². The molecule has 0 aromatic rings. The Balaban J connectivity index is 5.17. The third kappa shape index (κ3) is 82.4. The van der Waals surface area contributed by atoms with Crippen LogP contribution < -0.4 is 0 Å². The summed E-state index contributed by atoms with van der Waals surface area (Å²) in [5, 5.41) is 10.7. The molecule has 0 amide bonds. The van der Waals surface area contributed by atoms with E-state index in [9.17, 15) is 43.2 Å². The van der Waals surface area contributed by atoms with Crippen LogP contribution in [0.15, 0.2) is 0 Å². The van der Waals surface area contributed by atoms with Gasteiger partial charge in [-0.25, -0.2) is 9.13 Å². The second-order valence-corrected chi connectivity index (χ2v) is 35.5. The lowest BCUT2D eigenvalue weighted by Crippen LogP contribution is -2.30. The highest BCUT2D eigenvalue weighted by Gasteiger charge is 2.31. The molecule has 648 valence electrons. The zero-order valence-corrected chi connectivity index (χ0v) is 73.5. The summed E-state index contributed by atoms with van der Waals surface area (Å²) in [6.45, 7) is 7.43. The van der Waals surface area contributed by atoms with Crippen LogP contribution in [0, 0.1) is 5.92 Å². The van der Waals surface area contributed by atoms with Crippen LogP contribution in [0.1, 0.15) is 490 Å². The molecule has 0 radical (unpaired) electrons. The first kappa shape index (κ1) is 107. The molecule has 3 N–H and O–H groups in total. The van der Waals surface area contributed by atoms with Crippen LogP contribution in [-0.4, -0.2) is 96.7 Å². The van der Waals surface area contributed by atoms with Gasteiger partial charge in [0.2, 0.25) is 0 Å². The summed E-state index contributed by atoms with van der Waals surface area (Å²) in [6, 6.07) is 0. The SMILES string of the molecule is CCCCCCCCCCCCCCCCCCCCCCCC(=O)OC[C@H](COP(=O)(O)OC[C@@H](O)COP(=O)(O)OC[C@@H](COC(=O)CCCCCCCCCC)OC(=O)CCCCCCCCCCCCCCCCCCCC)OC(=O)CCCCCCCCCCCCCCCCCCCCC(C)CC. The van der Waals surface area contributed by atoms with Gasteiger partial charge in [0, 0.05) is 25.7 Å². The summed E-state index contributed by atoms with van der Waals surface area (Å²) in [5.41, 5.74) is 0. The Bertz CT molecular complexity index is 2070. The van der Waals surface area contributed by atoms with Crippen LogP contribution in [0.5, 0.6) is 0 Å². The van der Waals surface area contributed by atoms with Crippen LogP contribution in [0.25, 0.3) is 0 Å². The summed E-state index contributed by atoms with van der Waals surface area (Å²) in [6.07, 6.45) is 78.0. The zero-order valence-electron chi connectivity index (χ0n) is 71.7. The van der Waals surface area contributed by atoms with Gasteiger partial charge < -0.3 is 33.8 Å². The maximum atomic E-state index is 13.2. The minimum atomic E-state index is -4.97. The van der Waals surface area contributed by atoms with Gasteiger partial charge in [0.1, 0.15) is 19.3 Å². The van der Waals surface area contributed by atoms with Crippen LogP contribution in [0.3, 0.4) is 0 Å². The number of rotatable bonds is 90. The Morgan fingerprint density at radius 1 is 0.257 bits per heavy atom. The van der Waals surface area contributed by atoms with Gasteiger partial charge in [0.05, 0.1) is 26.4 Å². The van der Waals surface area contributed by atoms with E-state index in [1.807, 2.05) is 0 Å². The van der Waals surface area contributed by atoms with Crippen LogP contribution in [0.4, 0.5) is 0 Å². The first-order valence-electron chi connectivity index (χ1n) is 46.7. The number of ether oxygens (including phenoxy) is 4. The molecule has 0 heterocycles. The molecular weight excluding hydrogens is 1410 g/mol. The fourth-order valence-electron chi connectivity index (χ4n) is 14.1. The summed E-state index contributed by atoms with van der Waals surface area (Å²) in [4.78, 5) is 73.2. The number of carbonyl (C=O) groups excluding carboxylic acids is 4. The number of phosphoric ester groups is 2. The molecule has 0 spiro atoms. The maximum Gasteiger partial charge on any atom is 0.472 e. The highest BCUT2D eigenvalue weighted by molar-refractivity contribution is 7.47. The topological polar surface area (TPSA) is 237 Å². The van der Waals surface area contributed by atoms with Crippen molar-refractivity contribution >= 4 is 39.5 Å². The highest BCUT2D eigenvalue weighted by atomic mass is 31.2. The van der Waals surface area contributed by atoms with Crippen molar-refractivity contribution in [2.45, 2.75) is 509 Å². The average molecular weight is 1590 g/mol. The Hall–Kier alpha value is -1.94. The van der Waals surface area contributed by atoms with Crippen molar-refractivity contribution in [3.8, 4) is 0 Å². The molecule has 0 aliphatic rings. The minimum absolute atomic E-state index is 0.109. The van der Waals surface area contributed by atoms with E-state index in [1.165, 1.54) is 315 Å². The smallest absolute Gasteiger partial charge is 0.462 e. The number of unbranched alkanes of at least 4 members (excludes halogenated alkanes) is 61. The second kappa shape index (κ2) is 82.6. The average Bonchev–Trinajstić information content (AvgIpc) is 0.897. The first-order chi connectivity index (χ1) is 53.1. The van der Waals surface area contributed by atoms with E-state index in [2.05, 4.69) is 34.6 Å². The molecule has 0 aromatic carbocycles. The number of aliphatic hydroxyl groups is 1. The Morgan fingerprint density at radius 3 is 0.651 bits per heavy atom. The lowest BCUT2D eigenvalue weighted by atomic mass is 9.99. The van der Waals surface area contributed by atoms with Crippen LogP contribution >= 0.6 is 15.6 Å². The van der Waals surface area contributed by atoms with Crippen molar-refractivity contribution in [1.82, 2.24) is 0 Å². The van der Waals surface area contributed by atoms with Gasteiger partial charge in [-0.3, -0.25) is 37.3 Å². The quantitative estimate of drug-likeness (QED) is 0.0222. The van der Waals surface area contributed by atoms with E-state index in [1.54, 1.807) is 0 Å². The van der Waals surface area contributed by atoms with Gasteiger partial charge in [-0.15, -0.1) is 0 Å². The van der Waals surface area contributed by atoms with Crippen molar-refractivity contribution in [1.29, 1.82) is 0 Å². The fourth-order valence-corrected chi connectivity index (χ4v) is 15.7. The van der Waals surface area contributed by atoms with Gasteiger partial charge in [-0.1, -0.05) is 439 Å². The molecule has 0 aromatic heterocycles. The van der Waals surface area contributed by atoms with Crippen molar-refractivity contribution in [3.63, 3.8) is 0 Å². The summed E-state index contributed by atoms with van der Waals surface area (Å²) in [5.74, 6) is -1.23. The second-order valence-electron chi connectivity index (χ2n) is 32.6. The predicted octanol–water partition coefficient (Wildman–Crippen LogP) is 27.9. The van der Waals surface area contributed by atoms with Gasteiger partial charge in [0.15, 0.2) is 12.2 Å². The maximum absolute atomic E-state index is 13.2. The molecule has 6 atom stereocenters. The molecule has 0 fully saturated rings. The normalized spacial score (nSPS) is 13.9. The van der Waals surface area contributed by atoms with E-state index in [4.69, 9.17) is 37.0 Å². The van der Waals surface area contributed by atoms with E-state index in [0.29, 0.717) is 25.7 Å². The standard InChI is InChI=1S/C90H176O17P2/c1-6-10-13-16-19-22-24-26-28-30-32-33-34-39-42-46-50-54-59-64-69-74-88(93)101-80-86(107-90(95)76-71-66-61-56-52-48-44-40-36-35-37-41-45-49-53-57-62-67-72-83(5)9-4)82-105-109(98,99)103-78-84(91)77-102-108(96,97)104-81-85(79-100-87(92)73-68-63-58-21-18-15-12-8-3)106-89(94)75-70-65-60-55-51-47-43-38-31-29-27-25-23-20-17-14-11-7-2/h83-86,91H,6-82H2,1-5H3,(H,96,97)(H,98,99)/t83?,84-,85+,86+/m0/s1. The number of esters is 4. The summed E-state index contributed by atoms with van der Waals surface area (Å²) >= 11 is 0. The molecule has 0 bridgehead atoms. The molecule has 109 heavy (non-hydrogen) atoms. The van der Waals surface area contributed by atoms with Crippen molar-refractivity contribution < 1.29 is 80.2 Å². The predicted molar refractivity (Wildman–Crippen MR) is 451 cm³/mol. The van der Waals surface area contributed by atoms with Gasteiger partial charge in [0.25, 0.3) is 0 Å². The molecule has 0 aliphatic carbocycles. The zero-order chi connectivity index (χ0) is 79.7. The molecule has 0 saturated carbocycles. The molecule has 17 nitrogen and oxygen atoms in total. The van der Waals surface area contributed by atoms with E-state index < -0.39 is 97.5 Å². The van der Waals surface area contributed by atoms with Gasteiger partial charge >= 0.3 is 39.5 Å². The lowest BCUT2D eigenvalue weighted by Gasteiger charge is -2.21. The number of phosphoric acid groups is 2. The van der Waals surface area contributed by atoms with Crippen LogP contribution in [-0.2, 0) is 65.4 Å². The minimum Gasteiger partial charge on any atom is -0.462 e. The first-order valence-corrected chi connectivity index (χ1v) is 49.7. The third-order valence-corrected chi connectivity index (χ3v) is 23.5. The fraction of sp³-hybridized carbons (Fsp3) is 0.956. The molecule has 0 saturated heterocycles. The van der Waals surface area contributed by atoms with Gasteiger partial charge in [-0.2, -0.15) is 0 Å². The number of hydrogen-bond donors (Lipinski definition) is 3. The molecule has 19 heteroatoms. The lowest BCUT2D eigenvalue weighted by molar-refractivity contribution is -0.161. The van der Waals surface area contributed by atoms with Crippen molar-refractivity contribution in [3.05, 3.63) is 0 Å². The van der Waals surface area contributed by atoms with Crippen molar-refractivity contribution in [2.75, 3.05) is 39.6 Å². The summed E-state index contributed by atoms with van der Waals surface area (Å²) < 4.78 is 68.9. The number of aliphatic hydroxyl groups excluding tert-OH is 1. The molecule has 0 rings (SSSR count). The largest absolute Gasteiger partial charge is 0.472 e. The van der Waals surface area contributed by atoms with E-state index in [-0.39, 0.29) is 25.7 Å². The number of carbonyl (C=O) groups is 4. The third-order valence-electron chi connectivity index (χ3n) is 21.6. The monoisotopic (exact) mass is 1590 g/mol. The highest BCUT2D eigenvalue weighted by Crippen LogP contribution is 2.45. The number of hydrogen-bond acceptors (Lipinski definition) is 15. The van der Waals surface area contributed by atoms with Crippen molar-refractivity contribution in [2.24, 2.45) is 5.92 Å².